The molecule has 0 aliphatic rings. The molecule has 12 aromatic rings. The Hall–Kier alpha value is -11.7. The van der Waals surface area contributed by atoms with Crippen molar-refractivity contribution in [3.8, 4) is 75.3 Å². The van der Waals surface area contributed by atoms with Crippen LogP contribution in [-0.2, 0) is 45.4 Å². The van der Waals surface area contributed by atoms with Gasteiger partial charge >= 0.3 is 0 Å². The lowest BCUT2D eigenvalue weighted by molar-refractivity contribution is -0.117. The smallest absolute Gasteiger partial charge is 0.245 e. The largest absolute Gasteiger partial charge is 0.497 e. The number of hydrogen-bond donors (Lipinski definition) is 0. The van der Waals surface area contributed by atoms with Crippen molar-refractivity contribution in [2.75, 3.05) is 55.1 Å². The summed E-state index contributed by atoms with van der Waals surface area (Å²) in [6.45, 7) is 11.1. The van der Waals surface area contributed by atoms with Crippen molar-refractivity contribution in [1.29, 1.82) is 0 Å². The zero-order chi connectivity index (χ0) is 82.0. The second kappa shape index (κ2) is 42.2. The minimum absolute atomic E-state index is 0.143. The third-order valence-corrected chi connectivity index (χ3v) is 18.6. The summed E-state index contributed by atoms with van der Waals surface area (Å²) in [5, 5.41) is 1.04. The molecule has 27 heteroatoms. The third-order valence-electron chi connectivity index (χ3n) is 17.1. The van der Waals surface area contributed by atoms with E-state index in [2.05, 4.69) is 42.5 Å². The quantitative estimate of drug-likeness (QED) is 0.0384. The predicted octanol–water partition coefficient (Wildman–Crippen LogP) is 21.7. The van der Waals surface area contributed by atoms with Gasteiger partial charge in [0.2, 0.25) is 47.1 Å². The van der Waals surface area contributed by atoms with E-state index in [1.54, 1.807) is 123 Å². The number of rotatable bonds is 25. The van der Waals surface area contributed by atoms with Crippen LogP contribution >= 0.6 is 69.0 Å². The van der Waals surface area contributed by atoms with Crippen molar-refractivity contribution in [2.24, 2.45) is 0 Å². The molecular weight excluding hydrogens is 1650 g/mol. The highest BCUT2D eigenvalue weighted by molar-refractivity contribution is 14.1. The molecule has 4 amide bonds. The topological polar surface area (TPSA) is 216 Å². The van der Waals surface area contributed by atoms with Gasteiger partial charge in [-0.3, -0.25) is 19.2 Å². The number of benzene rings is 8. The fraction of sp³-hybridized carbons (Fsp3) is 0.172. The summed E-state index contributed by atoms with van der Waals surface area (Å²) in [7, 11) is 7.97. The number of hydrogen-bond acceptors (Lipinski definition) is 17. The molecule has 588 valence electrons. The van der Waals surface area contributed by atoms with Crippen LogP contribution in [0.15, 0.2) is 237 Å². The first kappa shape index (κ1) is 86.2. The minimum atomic E-state index is -0.381. The molecule has 12 rings (SSSR count). The minimum Gasteiger partial charge on any atom is -0.497 e. The number of anilines is 4. The average molecular weight is 1730 g/mol. The first-order valence-electron chi connectivity index (χ1n) is 35.1. The lowest BCUT2D eigenvalue weighted by Gasteiger charge is -2.24. The SMILES string of the molecule is COc1ccc(Oc2nc(Cl)ccc2N(Cc2ccccc2OC)C(C)=O)cc1.COc1ccccc1CN(C(C)=O)c1ccc(Cl)nc1Oc1ccc(F)cc1.COc1ccccc1CN(C(C)=O)c1ccc(Cl)nc1Oc1ccc(I)cc1.COc1ccccc1CN(C(C)=O)c1ccc(Cl)nc1Oc1cccc(C)c1C. The number of methoxy groups -OCH3 is 5. The number of aryl methyl sites for hydroxylation is 1. The Morgan fingerprint density at radius 1 is 0.325 bits per heavy atom. The number of nitrogens with zero attached hydrogens (tertiary/aromatic N) is 8. The van der Waals surface area contributed by atoms with Crippen LogP contribution in [-0.4, -0.2) is 79.1 Å². The monoisotopic (exact) mass is 1730 g/mol. The van der Waals surface area contributed by atoms with Crippen molar-refractivity contribution >= 4 is 115 Å². The lowest BCUT2D eigenvalue weighted by atomic mass is 10.1. The van der Waals surface area contributed by atoms with Crippen LogP contribution in [0.1, 0.15) is 61.1 Å². The maximum absolute atomic E-state index is 13.2. The van der Waals surface area contributed by atoms with Gasteiger partial charge in [-0.25, -0.2) is 4.39 Å². The van der Waals surface area contributed by atoms with Crippen LogP contribution in [0.5, 0.6) is 75.3 Å². The molecule has 0 fully saturated rings. The second-order valence-electron chi connectivity index (χ2n) is 24.7. The Morgan fingerprint density at radius 3 is 0.877 bits per heavy atom. The summed E-state index contributed by atoms with van der Waals surface area (Å²) in [6.07, 6.45) is 0. The zero-order valence-corrected chi connectivity index (χ0v) is 69.2. The maximum Gasteiger partial charge on any atom is 0.245 e. The molecule has 4 aromatic heterocycles. The van der Waals surface area contributed by atoms with E-state index in [0.29, 0.717) is 94.1 Å². The number of amides is 4. The number of ether oxygens (including phenoxy) is 9. The van der Waals surface area contributed by atoms with E-state index in [1.807, 2.05) is 153 Å². The molecular formula is C87H80Cl4FIN8O13. The molecule has 4 heterocycles. The summed E-state index contributed by atoms with van der Waals surface area (Å²) in [5.74, 6) is 5.52. The number of para-hydroxylation sites is 4. The fourth-order valence-corrected chi connectivity index (χ4v) is 12.1. The van der Waals surface area contributed by atoms with E-state index in [4.69, 9.17) is 89.0 Å². The Morgan fingerprint density at radius 2 is 0.588 bits per heavy atom. The van der Waals surface area contributed by atoms with Crippen molar-refractivity contribution in [1.82, 2.24) is 19.9 Å². The zero-order valence-electron chi connectivity index (χ0n) is 64.0. The first-order valence-corrected chi connectivity index (χ1v) is 37.7. The average Bonchev–Trinajstić information content (AvgIpc) is 0.822. The Bertz CT molecular complexity index is 5130. The van der Waals surface area contributed by atoms with E-state index >= 15 is 0 Å². The molecule has 0 aliphatic carbocycles. The summed E-state index contributed by atoms with van der Waals surface area (Å²) in [5.41, 5.74) is 7.53. The third kappa shape index (κ3) is 24.1. The van der Waals surface area contributed by atoms with E-state index in [-0.39, 0.29) is 80.1 Å². The Labute approximate surface area is 694 Å². The summed E-state index contributed by atoms with van der Waals surface area (Å²) >= 11 is 26.6. The molecule has 0 radical (unpaired) electrons. The van der Waals surface area contributed by atoms with Crippen molar-refractivity contribution in [3.05, 3.63) is 300 Å². The molecule has 0 aliphatic heterocycles. The summed E-state index contributed by atoms with van der Waals surface area (Å²) in [6, 6.07) is 69.3. The van der Waals surface area contributed by atoms with Gasteiger partial charge in [0.25, 0.3) is 0 Å². The highest BCUT2D eigenvalue weighted by Gasteiger charge is 2.26. The van der Waals surface area contributed by atoms with Crippen LogP contribution in [0, 0.1) is 23.2 Å². The van der Waals surface area contributed by atoms with E-state index < -0.39 is 0 Å². The Kier molecular flexibility index (Phi) is 31.9. The number of pyridine rings is 4. The van der Waals surface area contributed by atoms with E-state index in [0.717, 1.165) is 37.0 Å². The first-order chi connectivity index (χ1) is 54.9. The standard InChI is InChI=1S/C23H23ClN2O3.C22H21ClN2O4.C21H18ClFN2O3.C21H18ClIN2O3/c1-15-8-7-11-20(16(15)2)29-23-19(12-13-22(24)25-23)26(17(3)27)14-18-9-5-6-10-21(18)28-4;1-15(26)25(14-16-6-4-5-7-20(16)28-3)19-12-13-21(23)24-22(19)29-18-10-8-17(27-2)9-11-18;2*1-14(26)25(13-15-5-3-4-6-19(15)27-2)18-11-12-20(22)24-21(18)28-17-9-7-16(23)8-10-17/h5-13H,14H2,1-4H3;4-13H,14H2,1-3H3;2*3-12H,13H2,1-2H3. The molecule has 0 saturated heterocycles. The predicted molar refractivity (Wildman–Crippen MR) is 451 cm³/mol. The van der Waals surface area contributed by atoms with Gasteiger partial charge in [0, 0.05) is 53.5 Å². The van der Waals surface area contributed by atoms with Gasteiger partial charge in [-0.2, -0.15) is 19.9 Å². The number of aromatic nitrogens is 4. The number of carbonyl (C=O) groups is 4. The van der Waals surface area contributed by atoms with Gasteiger partial charge in [-0.05, 0) is 199 Å². The molecule has 0 spiro atoms. The van der Waals surface area contributed by atoms with E-state index in [1.165, 1.54) is 56.9 Å². The summed E-state index contributed by atoms with van der Waals surface area (Å²) in [4.78, 5) is 73.2. The van der Waals surface area contributed by atoms with Gasteiger partial charge in [0.15, 0.2) is 0 Å². The molecule has 0 N–H and O–H groups in total. The van der Waals surface area contributed by atoms with Crippen LogP contribution in [0.3, 0.4) is 0 Å². The van der Waals surface area contributed by atoms with Crippen molar-refractivity contribution < 1.29 is 66.2 Å². The summed E-state index contributed by atoms with van der Waals surface area (Å²) < 4.78 is 64.8. The van der Waals surface area contributed by atoms with Gasteiger partial charge in [0.05, 0.1) is 61.7 Å². The van der Waals surface area contributed by atoms with Gasteiger partial charge in [-0.15, -0.1) is 0 Å². The molecule has 21 nitrogen and oxygen atoms in total. The van der Waals surface area contributed by atoms with Crippen LogP contribution in [0.25, 0.3) is 0 Å². The molecule has 0 bridgehead atoms. The van der Waals surface area contributed by atoms with E-state index in [9.17, 15) is 23.6 Å². The lowest BCUT2D eigenvalue weighted by Crippen LogP contribution is -2.28. The normalized spacial score (nSPS) is 10.4. The van der Waals surface area contributed by atoms with Crippen LogP contribution in [0.2, 0.25) is 20.6 Å². The second-order valence-corrected chi connectivity index (χ2v) is 27.5. The van der Waals surface area contributed by atoms with Crippen molar-refractivity contribution in [3.63, 3.8) is 0 Å². The van der Waals surface area contributed by atoms with Crippen molar-refractivity contribution in [2.45, 2.75) is 67.7 Å². The molecule has 8 aromatic carbocycles. The van der Waals surface area contributed by atoms with Gasteiger partial charge in [-0.1, -0.05) is 131 Å². The fourth-order valence-electron chi connectivity index (χ4n) is 11.2. The van der Waals surface area contributed by atoms with Gasteiger partial charge < -0.3 is 62.2 Å². The maximum atomic E-state index is 13.2. The highest BCUT2D eigenvalue weighted by Crippen LogP contribution is 2.40. The van der Waals surface area contributed by atoms with Crippen LogP contribution in [0.4, 0.5) is 27.1 Å². The molecule has 114 heavy (non-hydrogen) atoms. The molecule has 0 saturated carbocycles. The molecule has 0 unspecified atom stereocenters. The molecule has 0 atom stereocenters. The number of carbonyl (C=O) groups excluding carboxylic acids is 4. The number of halogens is 6. The Balaban J connectivity index is 0.000000174. The highest BCUT2D eigenvalue weighted by atomic mass is 127. The van der Waals surface area contributed by atoms with Crippen LogP contribution < -0.4 is 62.2 Å². The van der Waals surface area contributed by atoms with Gasteiger partial charge in [0.1, 0.15) is 101 Å².